The van der Waals surface area contributed by atoms with Gasteiger partial charge in [0.25, 0.3) is 11.7 Å². The van der Waals surface area contributed by atoms with Crippen LogP contribution in [0.3, 0.4) is 0 Å². The van der Waals surface area contributed by atoms with Crippen molar-refractivity contribution in [2.24, 2.45) is 5.92 Å². The molecule has 1 aliphatic rings. The lowest BCUT2D eigenvalue weighted by Gasteiger charge is -2.25. The first-order valence-corrected chi connectivity index (χ1v) is 11.1. The largest absolute Gasteiger partial charge is 0.507 e. The normalized spacial score (nSPS) is 17.6. The number of hydrogen-bond acceptors (Lipinski definition) is 6. The van der Waals surface area contributed by atoms with E-state index in [9.17, 15) is 14.7 Å². The number of likely N-dealkylation sites (tertiary alicyclic amines) is 1. The van der Waals surface area contributed by atoms with E-state index >= 15 is 0 Å². The van der Waals surface area contributed by atoms with Crippen LogP contribution in [0.25, 0.3) is 5.76 Å². The summed E-state index contributed by atoms with van der Waals surface area (Å²) in [6, 6.07) is 13.3. The molecule has 1 saturated heterocycles. The van der Waals surface area contributed by atoms with Gasteiger partial charge in [0.2, 0.25) is 0 Å². The fourth-order valence-corrected chi connectivity index (χ4v) is 3.69. The number of nitrogens with zero attached hydrogens (tertiary/aromatic N) is 1. The second kappa shape index (κ2) is 11.0. The summed E-state index contributed by atoms with van der Waals surface area (Å²) in [5.74, 6) is 0.140. The van der Waals surface area contributed by atoms with E-state index in [1.54, 1.807) is 48.5 Å². The third-order valence-corrected chi connectivity index (χ3v) is 5.29. The molecular weight excluding hydrogens is 422 g/mol. The Balaban J connectivity index is 2.01. The minimum absolute atomic E-state index is 0.0520. The molecule has 2 aromatic rings. The van der Waals surface area contributed by atoms with Gasteiger partial charge >= 0.3 is 0 Å². The molecule has 0 radical (unpaired) electrons. The molecule has 1 atom stereocenters. The molecule has 1 amide bonds. The molecular formula is C26H31NO6. The summed E-state index contributed by atoms with van der Waals surface area (Å²) in [4.78, 5) is 27.3. The number of aliphatic hydroxyl groups excluding tert-OH is 1. The van der Waals surface area contributed by atoms with E-state index in [1.165, 1.54) is 12.0 Å². The number of Topliss-reactive ketones (excluding diaryl/α,β-unsaturated/α-hetero) is 1. The van der Waals surface area contributed by atoms with E-state index in [0.29, 0.717) is 41.8 Å². The summed E-state index contributed by atoms with van der Waals surface area (Å²) in [7, 11) is 1.53. The fourth-order valence-electron chi connectivity index (χ4n) is 3.69. The van der Waals surface area contributed by atoms with Gasteiger partial charge in [0.1, 0.15) is 17.3 Å². The molecule has 2 aromatic carbocycles. The SMILES string of the molecule is CCOc1ccc(C2/C(=C(/O)c3ccc(OCC(C)C)cc3)C(=O)C(=O)N2CCOC)cc1. The maximum absolute atomic E-state index is 13.0. The average Bonchev–Trinajstić information content (AvgIpc) is 3.06. The minimum Gasteiger partial charge on any atom is -0.507 e. The molecule has 0 spiro atoms. The van der Waals surface area contributed by atoms with Gasteiger partial charge in [-0.1, -0.05) is 26.0 Å². The van der Waals surface area contributed by atoms with E-state index < -0.39 is 17.7 Å². The van der Waals surface area contributed by atoms with Crippen molar-refractivity contribution in [1.82, 2.24) is 4.90 Å². The lowest BCUT2D eigenvalue weighted by atomic mass is 9.95. The van der Waals surface area contributed by atoms with Crippen molar-refractivity contribution in [2.75, 3.05) is 33.5 Å². The highest BCUT2D eigenvalue weighted by Crippen LogP contribution is 2.39. The summed E-state index contributed by atoms with van der Waals surface area (Å²) in [6.07, 6.45) is 0. The maximum Gasteiger partial charge on any atom is 0.295 e. The van der Waals surface area contributed by atoms with Crippen LogP contribution in [0.15, 0.2) is 54.1 Å². The zero-order valence-electron chi connectivity index (χ0n) is 19.5. The Morgan fingerprint density at radius 3 is 2.18 bits per heavy atom. The Bertz CT molecular complexity index is 994. The molecule has 3 rings (SSSR count). The van der Waals surface area contributed by atoms with Gasteiger partial charge in [0, 0.05) is 19.2 Å². The summed E-state index contributed by atoms with van der Waals surface area (Å²) < 4.78 is 16.3. The predicted octanol–water partition coefficient (Wildman–Crippen LogP) is 4.19. The molecule has 1 fully saturated rings. The highest BCUT2D eigenvalue weighted by atomic mass is 16.5. The topological polar surface area (TPSA) is 85.3 Å². The first-order valence-electron chi connectivity index (χ1n) is 11.1. The number of carbonyl (C=O) groups is 2. The first-order chi connectivity index (χ1) is 15.9. The van der Waals surface area contributed by atoms with Crippen LogP contribution in [-0.2, 0) is 14.3 Å². The van der Waals surface area contributed by atoms with Crippen LogP contribution in [0, 0.1) is 5.92 Å². The van der Waals surface area contributed by atoms with E-state index in [1.807, 2.05) is 6.92 Å². The predicted molar refractivity (Wildman–Crippen MR) is 125 cm³/mol. The van der Waals surface area contributed by atoms with Crippen LogP contribution in [-0.4, -0.2) is 55.2 Å². The van der Waals surface area contributed by atoms with Gasteiger partial charge in [0.15, 0.2) is 0 Å². The molecule has 1 unspecified atom stereocenters. The third kappa shape index (κ3) is 5.54. The van der Waals surface area contributed by atoms with Crippen molar-refractivity contribution in [2.45, 2.75) is 26.8 Å². The first kappa shape index (κ1) is 24.3. The molecule has 176 valence electrons. The van der Waals surface area contributed by atoms with Gasteiger partial charge in [-0.15, -0.1) is 0 Å². The van der Waals surface area contributed by atoms with Crippen LogP contribution < -0.4 is 9.47 Å². The molecule has 1 heterocycles. The lowest BCUT2D eigenvalue weighted by Crippen LogP contribution is -2.32. The number of rotatable bonds is 10. The standard InChI is InChI=1S/C26H31NO6/c1-5-32-20-10-6-18(7-11-20)23-22(25(29)26(30)27(23)14-15-31-4)24(28)19-8-12-21(13-9-19)33-16-17(2)3/h6-13,17,23,28H,5,14-16H2,1-4H3/b24-22-. The van der Waals surface area contributed by atoms with E-state index in [0.717, 1.165) is 0 Å². The summed E-state index contributed by atoms with van der Waals surface area (Å²) in [5, 5.41) is 11.1. The van der Waals surface area contributed by atoms with Gasteiger partial charge < -0.3 is 24.2 Å². The number of amides is 1. The van der Waals surface area contributed by atoms with Gasteiger partial charge in [-0.2, -0.15) is 0 Å². The van der Waals surface area contributed by atoms with Crippen molar-refractivity contribution in [3.05, 3.63) is 65.2 Å². The van der Waals surface area contributed by atoms with Crippen LogP contribution in [0.2, 0.25) is 0 Å². The molecule has 0 saturated carbocycles. The second-order valence-corrected chi connectivity index (χ2v) is 8.22. The molecule has 1 N–H and O–H groups in total. The zero-order chi connectivity index (χ0) is 24.0. The van der Waals surface area contributed by atoms with Crippen LogP contribution >= 0.6 is 0 Å². The molecule has 0 bridgehead atoms. The number of ketones is 1. The number of benzene rings is 2. The molecule has 7 nitrogen and oxygen atoms in total. The Labute approximate surface area is 194 Å². The number of hydrogen-bond donors (Lipinski definition) is 1. The van der Waals surface area contributed by atoms with Crippen LogP contribution in [0.4, 0.5) is 0 Å². The van der Waals surface area contributed by atoms with Gasteiger partial charge in [0.05, 0.1) is 31.4 Å². The van der Waals surface area contributed by atoms with Gasteiger partial charge in [-0.25, -0.2) is 0 Å². The summed E-state index contributed by atoms with van der Waals surface area (Å²) >= 11 is 0. The van der Waals surface area contributed by atoms with Crippen molar-refractivity contribution in [3.8, 4) is 11.5 Å². The van der Waals surface area contributed by atoms with E-state index in [2.05, 4.69) is 13.8 Å². The zero-order valence-corrected chi connectivity index (χ0v) is 19.5. The monoisotopic (exact) mass is 453 g/mol. The second-order valence-electron chi connectivity index (χ2n) is 8.22. The Morgan fingerprint density at radius 2 is 1.61 bits per heavy atom. The fraction of sp³-hybridized carbons (Fsp3) is 0.385. The highest BCUT2D eigenvalue weighted by molar-refractivity contribution is 6.46. The lowest BCUT2D eigenvalue weighted by molar-refractivity contribution is -0.140. The van der Waals surface area contributed by atoms with Crippen LogP contribution in [0.5, 0.6) is 11.5 Å². The average molecular weight is 454 g/mol. The smallest absolute Gasteiger partial charge is 0.295 e. The number of carbonyl (C=O) groups excluding carboxylic acids is 2. The Kier molecular flexibility index (Phi) is 8.11. The number of methoxy groups -OCH3 is 1. The van der Waals surface area contributed by atoms with Crippen molar-refractivity contribution in [1.29, 1.82) is 0 Å². The van der Waals surface area contributed by atoms with Crippen molar-refractivity contribution in [3.63, 3.8) is 0 Å². The Morgan fingerprint density at radius 1 is 1.00 bits per heavy atom. The number of ether oxygens (including phenoxy) is 3. The highest BCUT2D eigenvalue weighted by Gasteiger charge is 2.45. The summed E-state index contributed by atoms with van der Waals surface area (Å²) in [6.45, 7) is 7.61. The number of aliphatic hydroxyl groups is 1. The van der Waals surface area contributed by atoms with E-state index in [-0.39, 0.29) is 24.5 Å². The third-order valence-electron chi connectivity index (χ3n) is 5.29. The molecule has 7 heteroatoms. The molecule has 33 heavy (non-hydrogen) atoms. The van der Waals surface area contributed by atoms with Crippen LogP contribution in [0.1, 0.15) is 37.9 Å². The quantitative estimate of drug-likeness (QED) is 0.330. The van der Waals surface area contributed by atoms with Crippen molar-refractivity contribution < 1.29 is 28.9 Å². The van der Waals surface area contributed by atoms with Crippen molar-refractivity contribution >= 4 is 17.4 Å². The van der Waals surface area contributed by atoms with E-state index in [4.69, 9.17) is 14.2 Å². The molecule has 0 aliphatic carbocycles. The molecule has 0 aromatic heterocycles. The van der Waals surface area contributed by atoms with Gasteiger partial charge in [-0.3, -0.25) is 9.59 Å². The minimum atomic E-state index is -0.729. The molecule has 1 aliphatic heterocycles. The maximum atomic E-state index is 13.0. The summed E-state index contributed by atoms with van der Waals surface area (Å²) in [5.41, 5.74) is 1.19. The Hall–Kier alpha value is -3.32. The van der Waals surface area contributed by atoms with Gasteiger partial charge in [-0.05, 0) is 54.8 Å².